The normalized spacial score (nSPS) is 24.8. The standard InChI is InChI=1S/C25H37N2P/c1-24(2)17-21(18-25(3,19-24)20-26(4)5)27(6)28(22-13-9-7-10-14-22)23-15-11-8-12-16-23/h7-16,21H,17-20H2,1-6H3. The molecule has 1 aliphatic carbocycles. The first-order valence-electron chi connectivity index (χ1n) is 10.5. The predicted molar refractivity (Wildman–Crippen MR) is 125 cm³/mol. The lowest BCUT2D eigenvalue weighted by Crippen LogP contribution is -2.48. The van der Waals surface area contributed by atoms with Crippen LogP contribution in [0.15, 0.2) is 60.7 Å². The van der Waals surface area contributed by atoms with Crippen LogP contribution in [-0.4, -0.2) is 43.3 Å². The van der Waals surface area contributed by atoms with Gasteiger partial charge >= 0.3 is 0 Å². The first kappa shape index (κ1) is 21.5. The lowest BCUT2D eigenvalue weighted by molar-refractivity contribution is 0.0336. The predicted octanol–water partition coefficient (Wildman–Crippen LogP) is 5.11. The summed E-state index contributed by atoms with van der Waals surface area (Å²) in [5.74, 6) is 0. The summed E-state index contributed by atoms with van der Waals surface area (Å²) in [7, 11) is 6.28. The van der Waals surface area contributed by atoms with Crippen LogP contribution in [0.5, 0.6) is 0 Å². The minimum absolute atomic E-state index is 0.360. The van der Waals surface area contributed by atoms with Gasteiger partial charge in [-0.25, -0.2) is 0 Å². The van der Waals surface area contributed by atoms with E-state index in [-0.39, 0.29) is 0 Å². The van der Waals surface area contributed by atoms with E-state index in [9.17, 15) is 0 Å². The van der Waals surface area contributed by atoms with Gasteiger partial charge in [-0.05, 0) is 61.8 Å². The SMILES string of the molecule is CN(C)CC1(C)CC(N(C)P(c2ccccc2)c2ccccc2)CC(C)(C)C1. The molecule has 2 atom stereocenters. The molecule has 28 heavy (non-hydrogen) atoms. The number of benzene rings is 2. The third-order valence-corrected chi connectivity index (χ3v) is 8.50. The van der Waals surface area contributed by atoms with Crippen LogP contribution in [0.3, 0.4) is 0 Å². The Labute approximate surface area is 173 Å². The minimum Gasteiger partial charge on any atom is -0.309 e. The van der Waals surface area contributed by atoms with Crippen molar-refractivity contribution in [1.29, 1.82) is 0 Å². The van der Waals surface area contributed by atoms with Gasteiger partial charge in [0.15, 0.2) is 0 Å². The van der Waals surface area contributed by atoms with E-state index in [0.717, 1.165) is 6.54 Å². The van der Waals surface area contributed by atoms with Crippen LogP contribution in [0.4, 0.5) is 0 Å². The van der Waals surface area contributed by atoms with Gasteiger partial charge in [0.1, 0.15) is 0 Å². The first-order valence-corrected chi connectivity index (χ1v) is 11.8. The molecule has 0 amide bonds. The Kier molecular flexibility index (Phi) is 6.65. The number of hydrogen-bond donors (Lipinski definition) is 0. The van der Waals surface area contributed by atoms with Crippen molar-refractivity contribution in [2.24, 2.45) is 10.8 Å². The molecule has 0 saturated heterocycles. The average molecular weight is 397 g/mol. The Bertz CT molecular complexity index is 704. The number of rotatable bonds is 6. The van der Waals surface area contributed by atoms with Crippen LogP contribution >= 0.6 is 8.07 Å². The van der Waals surface area contributed by atoms with E-state index in [0.29, 0.717) is 16.9 Å². The molecule has 0 aliphatic heterocycles. The highest BCUT2D eigenvalue weighted by molar-refractivity contribution is 7.70. The van der Waals surface area contributed by atoms with Crippen molar-refractivity contribution in [3.63, 3.8) is 0 Å². The third kappa shape index (κ3) is 5.23. The highest BCUT2D eigenvalue weighted by Gasteiger charge is 2.44. The summed E-state index contributed by atoms with van der Waals surface area (Å²) >= 11 is 0. The topological polar surface area (TPSA) is 6.48 Å². The zero-order valence-corrected chi connectivity index (χ0v) is 19.4. The summed E-state index contributed by atoms with van der Waals surface area (Å²) in [6.45, 7) is 8.60. The molecule has 3 heteroatoms. The molecule has 0 heterocycles. The Morgan fingerprint density at radius 2 is 1.32 bits per heavy atom. The largest absolute Gasteiger partial charge is 0.309 e. The molecule has 1 saturated carbocycles. The van der Waals surface area contributed by atoms with Crippen molar-refractivity contribution in [2.45, 2.75) is 46.1 Å². The van der Waals surface area contributed by atoms with Gasteiger partial charge < -0.3 is 4.90 Å². The molecule has 2 nitrogen and oxygen atoms in total. The Morgan fingerprint density at radius 3 is 1.79 bits per heavy atom. The van der Waals surface area contributed by atoms with Gasteiger partial charge in [-0.1, -0.05) is 81.4 Å². The van der Waals surface area contributed by atoms with Crippen LogP contribution in [0.2, 0.25) is 0 Å². The maximum absolute atomic E-state index is 2.72. The van der Waals surface area contributed by atoms with Crippen LogP contribution in [0, 0.1) is 10.8 Å². The van der Waals surface area contributed by atoms with E-state index in [1.807, 2.05) is 0 Å². The van der Waals surface area contributed by atoms with E-state index in [4.69, 9.17) is 0 Å². The highest BCUT2D eigenvalue weighted by Crippen LogP contribution is 2.51. The molecule has 2 aromatic carbocycles. The lowest BCUT2D eigenvalue weighted by atomic mass is 9.62. The monoisotopic (exact) mass is 396 g/mol. The van der Waals surface area contributed by atoms with Gasteiger partial charge in [-0.15, -0.1) is 0 Å². The van der Waals surface area contributed by atoms with E-state index >= 15 is 0 Å². The van der Waals surface area contributed by atoms with Crippen LogP contribution < -0.4 is 10.6 Å². The van der Waals surface area contributed by atoms with Gasteiger partial charge in [0.2, 0.25) is 0 Å². The van der Waals surface area contributed by atoms with Gasteiger partial charge in [-0.3, -0.25) is 4.67 Å². The Morgan fingerprint density at radius 1 is 0.821 bits per heavy atom. The van der Waals surface area contributed by atoms with Crippen molar-refractivity contribution in [1.82, 2.24) is 9.57 Å². The second-order valence-electron chi connectivity index (χ2n) is 10.0. The number of nitrogens with zero attached hydrogens (tertiary/aromatic N) is 2. The molecule has 152 valence electrons. The lowest BCUT2D eigenvalue weighted by Gasteiger charge is -2.51. The van der Waals surface area contributed by atoms with Crippen molar-refractivity contribution >= 4 is 18.7 Å². The van der Waals surface area contributed by atoms with E-state index in [1.54, 1.807) is 0 Å². The summed E-state index contributed by atoms with van der Waals surface area (Å²) in [5, 5.41) is 2.90. The molecule has 2 unspecified atom stereocenters. The summed E-state index contributed by atoms with van der Waals surface area (Å²) < 4.78 is 2.72. The molecule has 0 spiro atoms. The summed E-state index contributed by atoms with van der Waals surface area (Å²) in [4.78, 5) is 2.37. The van der Waals surface area contributed by atoms with Crippen LogP contribution in [-0.2, 0) is 0 Å². The van der Waals surface area contributed by atoms with E-state index in [2.05, 4.69) is 112 Å². The molecule has 1 aliphatic rings. The molecular weight excluding hydrogens is 359 g/mol. The van der Waals surface area contributed by atoms with Gasteiger partial charge in [0, 0.05) is 20.7 Å². The second kappa shape index (κ2) is 8.66. The summed E-state index contributed by atoms with van der Waals surface area (Å²) in [6, 6.07) is 22.8. The van der Waals surface area contributed by atoms with Crippen molar-refractivity contribution in [3.8, 4) is 0 Å². The highest BCUT2D eigenvalue weighted by atomic mass is 31.1. The van der Waals surface area contributed by atoms with Crippen LogP contribution in [0.25, 0.3) is 0 Å². The summed E-state index contributed by atoms with van der Waals surface area (Å²) in [6.07, 6.45) is 3.84. The molecular formula is C25H37N2P. The molecule has 0 bridgehead atoms. The smallest absolute Gasteiger partial charge is 0.0281 e. The molecule has 0 aromatic heterocycles. The van der Waals surface area contributed by atoms with Crippen molar-refractivity contribution in [2.75, 3.05) is 27.7 Å². The zero-order chi connectivity index (χ0) is 20.4. The zero-order valence-electron chi connectivity index (χ0n) is 18.5. The molecule has 2 aromatic rings. The van der Waals surface area contributed by atoms with E-state index in [1.165, 1.54) is 29.9 Å². The van der Waals surface area contributed by atoms with Gasteiger partial charge in [0.25, 0.3) is 0 Å². The molecule has 3 rings (SSSR count). The number of hydrogen-bond acceptors (Lipinski definition) is 2. The fourth-order valence-corrected chi connectivity index (χ4v) is 7.97. The van der Waals surface area contributed by atoms with Gasteiger partial charge in [0.05, 0.1) is 0 Å². The van der Waals surface area contributed by atoms with E-state index < -0.39 is 8.07 Å². The van der Waals surface area contributed by atoms with Crippen molar-refractivity contribution < 1.29 is 0 Å². The minimum atomic E-state index is -0.518. The molecule has 0 N–H and O–H groups in total. The second-order valence-corrected chi connectivity index (χ2v) is 12.3. The van der Waals surface area contributed by atoms with Gasteiger partial charge in [-0.2, -0.15) is 0 Å². The molecule has 0 radical (unpaired) electrons. The average Bonchev–Trinajstić information content (AvgIpc) is 2.61. The summed E-state index contributed by atoms with van der Waals surface area (Å²) in [5.41, 5.74) is 0.731. The van der Waals surface area contributed by atoms with Crippen LogP contribution in [0.1, 0.15) is 40.0 Å². The Hall–Kier alpha value is -1.21. The maximum atomic E-state index is 2.72. The van der Waals surface area contributed by atoms with Crippen molar-refractivity contribution in [3.05, 3.63) is 60.7 Å². The molecule has 1 fully saturated rings. The first-order chi connectivity index (χ1) is 13.2. The quantitative estimate of drug-likeness (QED) is 0.626. The fraction of sp³-hybridized carbons (Fsp3) is 0.520. The fourth-order valence-electron chi connectivity index (χ4n) is 5.54. The third-order valence-electron chi connectivity index (χ3n) is 5.97. The maximum Gasteiger partial charge on any atom is 0.0281 e. The Balaban J connectivity index is 1.94.